The Morgan fingerprint density at radius 2 is 1.80 bits per heavy atom. The molecule has 35 heavy (non-hydrogen) atoms. The lowest BCUT2D eigenvalue weighted by atomic mass is 10.1. The number of likely N-dealkylation sites (N-methyl/N-ethyl adjacent to an activating group) is 1. The van der Waals surface area contributed by atoms with Gasteiger partial charge in [-0.1, -0.05) is 6.92 Å². The van der Waals surface area contributed by atoms with E-state index >= 15 is 0 Å². The zero-order valence-electron chi connectivity index (χ0n) is 20.7. The van der Waals surface area contributed by atoms with E-state index in [1.54, 1.807) is 28.8 Å². The maximum absolute atomic E-state index is 13.5. The number of hydrogen-bond acceptors (Lipinski definition) is 6. The van der Waals surface area contributed by atoms with Gasteiger partial charge >= 0.3 is 5.69 Å². The number of aryl methyl sites for hydroxylation is 1. The second-order valence-corrected chi connectivity index (χ2v) is 10.8. The maximum Gasteiger partial charge on any atom is 0.331 e. The van der Waals surface area contributed by atoms with Gasteiger partial charge < -0.3 is 14.6 Å². The predicted molar refractivity (Wildman–Crippen MR) is 136 cm³/mol. The molecular weight excluding hydrogens is 470 g/mol. The van der Waals surface area contributed by atoms with E-state index < -0.39 is 15.6 Å². The monoisotopic (exact) mass is 503 g/mol. The van der Waals surface area contributed by atoms with Crippen LogP contribution in [0.4, 0.5) is 0 Å². The molecule has 4 rings (SSSR count). The van der Waals surface area contributed by atoms with Crippen LogP contribution in [0.25, 0.3) is 22.3 Å². The van der Waals surface area contributed by atoms with Crippen LogP contribution >= 0.6 is 0 Å². The minimum absolute atomic E-state index is 0.165. The van der Waals surface area contributed by atoms with Crippen molar-refractivity contribution in [2.75, 3.05) is 39.8 Å². The normalized spacial score (nSPS) is 16.0. The lowest BCUT2D eigenvalue weighted by molar-refractivity contribution is 0.341. The lowest BCUT2D eigenvalue weighted by Gasteiger charge is -2.21. The fourth-order valence-corrected chi connectivity index (χ4v) is 6.01. The van der Waals surface area contributed by atoms with Crippen LogP contribution < -0.4 is 16.0 Å². The van der Waals surface area contributed by atoms with Crippen molar-refractivity contribution in [2.24, 2.45) is 7.05 Å². The number of H-pyrrole nitrogens is 1. The third-order valence-electron chi connectivity index (χ3n) is 6.43. The second kappa shape index (κ2) is 10.00. The van der Waals surface area contributed by atoms with Crippen molar-refractivity contribution in [3.05, 3.63) is 45.1 Å². The van der Waals surface area contributed by atoms with Crippen LogP contribution in [0.2, 0.25) is 0 Å². The second-order valence-electron chi connectivity index (χ2n) is 8.89. The third-order valence-corrected chi connectivity index (χ3v) is 8.32. The highest BCUT2D eigenvalue weighted by molar-refractivity contribution is 7.89. The molecule has 0 aliphatic carbocycles. The van der Waals surface area contributed by atoms with E-state index in [1.165, 1.54) is 11.4 Å². The van der Waals surface area contributed by atoms with Gasteiger partial charge in [0, 0.05) is 38.8 Å². The summed E-state index contributed by atoms with van der Waals surface area (Å²) < 4.78 is 37.0. The molecule has 0 saturated carbocycles. The van der Waals surface area contributed by atoms with Gasteiger partial charge in [-0.3, -0.25) is 13.9 Å². The minimum Gasteiger partial charge on any atom is -0.493 e. The molecule has 3 aromatic rings. The Labute approximate surface area is 204 Å². The number of fused-ring (bicyclic) bond motifs is 1. The topological polar surface area (TPSA) is 110 Å². The predicted octanol–water partition coefficient (Wildman–Crippen LogP) is 1.83. The van der Waals surface area contributed by atoms with Crippen LogP contribution in [0, 0.1) is 0 Å². The molecule has 1 saturated heterocycles. The molecule has 3 heterocycles. The number of ether oxygens (including phenoxy) is 1. The summed E-state index contributed by atoms with van der Waals surface area (Å²) in [5.41, 5.74) is 1.00. The van der Waals surface area contributed by atoms with Crippen LogP contribution in [0.3, 0.4) is 0 Å². The summed E-state index contributed by atoms with van der Waals surface area (Å²) in [7, 11) is -0.281. The quantitative estimate of drug-likeness (QED) is 0.527. The molecular formula is C24H33N5O5S. The molecule has 1 fully saturated rings. The Balaban J connectivity index is 1.87. The molecule has 10 nitrogen and oxygen atoms in total. The smallest absolute Gasteiger partial charge is 0.331 e. The van der Waals surface area contributed by atoms with Crippen LogP contribution in [0.1, 0.15) is 26.7 Å². The standard InChI is InChI=1S/C24H33N5O5S/c1-5-10-29-20-16-19(25-22(20)23(30)27(4)24(29)31)18-15-17(8-9-21(18)34-6-2)35(32,33)28-12-7-11-26(3)13-14-28/h8-9,15-16,25H,5-7,10-14H2,1-4H3. The first-order chi connectivity index (χ1) is 16.7. The highest BCUT2D eigenvalue weighted by atomic mass is 32.2. The SMILES string of the molecule is CCCn1c(=O)n(C)c(=O)c2[nH]c(-c3cc(S(=O)(=O)N4CCCN(C)CC4)ccc3OCC)cc21. The van der Waals surface area contributed by atoms with E-state index in [1.807, 2.05) is 20.9 Å². The zero-order chi connectivity index (χ0) is 25.3. The molecule has 0 spiro atoms. The van der Waals surface area contributed by atoms with E-state index in [4.69, 9.17) is 4.74 Å². The first-order valence-electron chi connectivity index (χ1n) is 12.0. The number of nitrogens with zero attached hydrogens (tertiary/aromatic N) is 4. The summed E-state index contributed by atoms with van der Waals surface area (Å²) in [5, 5.41) is 0. The fraction of sp³-hybridized carbons (Fsp3) is 0.500. The van der Waals surface area contributed by atoms with E-state index in [0.29, 0.717) is 60.8 Å². The molecule has 1 N–H and O–H groups in total. The number of hydrogen-bond donors (Lipinski definition) is 1. The first kappa shape index (κ1) is 25.2. The molecule has 190 valence electrons. The molecule has 0 radical (unpaired) electrons. The van der Waals surface area contributed by atoms with E-state index in [9.17, 15) is 18.0 Å². The summed E-state index contributed by atoms with van der Waals surface area (Å²) >= 11 is 0. The zero-order valence-corrected chi connectivity index (χ0v) is 21.5. The van der Waals surface area contributed by atoms with Crippen LogP contribution in [-0.4, -0.2) is 71.6 Å². The number of benzene rings is 1. The summed E-state index contributed by atoms with van der Waals surface area (Å²) in [6.07, 6.45) is 1.48. The highest BCUT2D eigenvalue weighted by Crippen LogP contribution is 2.34. The molecule has 2 aromatic heterocycles. The van der Waals surface area contributed by atoms with Gasteiger partial charge in [0.2, 0.25) is 10.0 Å². The van der Waals surface area contributed by atoms with Crippen molar-refractivity contribution in [2.45, 2.75) is 38.1 Å². The molecule has 1 aromatic carbocycles. The maximum atomic E-state index is 13.5. The van der Waals surface area contributed by atoms with Crippen molar-refractivity contribution in [1.29, 1.82) is 0 Å². The summed E-state index contributed by atoms with van der Waals surface area (Å²) in [6, 6.07) is 6.53. The Morgan fingerprint density at radius 3 is 2.51 bits per heavy atom. The van der Waals surface area contributed by atoms with Gasteiger partial charge in [0.1, 0.15) is 11.3 Å². The highest BCUT2D eigenvalue weighted by Gasteiger charge is 2.27. The van der Waals surface area contributed by atoms with Gasteiger partial charge in [0.05, 0.1) is 22.7 Å². The number of nitrogens with one attached hydrogen (secondary N) is 1. The number of rotatable bonds is 7. The number of aromatic nitrogens is 3. The lowest BCUT2D eigenvalue weighted by Crippen LogP contribution is -2.38. The number of sulfonamides is 1. The Hall–Kier alpha value is -2.89. The van der Waals surface area contributed by atoms with Gasteiger partial charge in [0.25, 0.3) is 5.56 Å². The van der Waals surface area contributed by atoms with Gasteiger partial charge in [-0.05, 0) is 57.6 Å². The van der Waals surface area contributed by atoms with E-state index in [-0.39, 0.29) is 10.6 Å². The van der Waals surface area contributed by atoms with Crippen LogP contribution in [-0.2, 0) is 23.6 Å². The van der Waals surface area contributed by atoms with Crippen molar-refractivity contribution in [1.82, 2.24) is 23.3 Å². The molecule has 11 heteroatoms. The van der Waals surface area contributed by atoms with Crippen molar-refractivity contribution < 1.29 is 13.2 Å². The van der Waals surface area contributed by atoms with Crippen molar-refractivity contribution in [3.8, 4) is 17.0 Å². The largest absolute Gasteiger partial charge is 0.493 e. The average molecular weight is 504 g/mol. The van der Waals surface area contributed by atoms with Gasteiger partial charge in [-0.15, -0.1) is 0 Å². The molecule has 0 unspecified atom stereocenters. The number of aromatic amines is 1. The summed E-state index contributed by atoms with van der Waals surface area (Å²) in [5.74, 6) is 0.495. The van der Waals surface area contributed by atoms with Gasteiger partial charge in [0.15, 0.2) is 0 Å². The van der Waals surface area contributed by atoms with E-state index in [0.717, 1.165) is 24.0 Å². The summed E-state index contributed by atoms with van der Waals surface area (Å²) in [6.45, 7) is 7.06. The van der Waals surface area contributed by atoms with Crippen LogP contribution in [0.15, 0.2) is 38.8 Å². The molecule has 1 aliphatic heterocycles. The molecule has 1 aliphatic rings. The van der Waals surface area contributed by atoms with Crippen LogP contribution in [0.5, 0.6) is 5.75 Å². The Kier molecular flexibility index (Phi) is 7.20. The third kappa shape index (κ3) is 4.67. The Bertz CT molecular complexity index is 1450. The molecule has 0 atom stereocenters. The van der Waals surface area contributed by atoms with E-state index in [2.05, 4.69) is 9.88 Å². The minimum atomic E-state index is -3.72. The van der Waals surface area contributed by atoms with Gasteiger partial charge in [-0.25, -0.2) is 13.2 Å². The molecule has 0 bridgehead atoms. The Morgan fingerprint density at radius 1 is 1.03 bits per heavy atom. The fourth-order valence-electron chi connectivity index (χ4n) is 4.52. The van der Waals surface area contributed by atoms with Gasteiger partial charge in [-0.2, -0.15) is 4.31 Å². The summed E-state index contributed by atoms with van der Waals surface area (Å²) in [4.78, 5) is 31.0. The van der Waals surface area contributed by atoms with Crippen molar-refractivity contribution in [3.63, 3.8) is 0 Å². The average Bonchev–Trinajstić information content (AvgIpc) is 3.15. The molecule has 0 amide bonds. The first-order valence-corrected chi connectivity index (χ1v) is 13.4. The van der Waals surface area contributed by atoms with Crippen molar-refractivity contribution >= 4 is 21.1 Å².